The van der Waals surface area contributed by atoms with Gasteiger partial charge in [-0.15, -0.1) is 0 Å². The fourth-order valence-electron chi connectivity index (χ4n) is 2.77. The lowest BCUT2D eigenvalue weighted by Crippen LogP contribution is -2.25. The zero-order valence-electron chi connectivity index (χ0n) is 22.9. The van der Waals surface area contributed by atoms with Crippen LogP contribution in [-0.2, 0) is 48.0 Å². The molecule has 0 saturated carbocycles. The van der Waals surface area contributed by atoms with Gasteiger partial charge in [0.05, 0.1) is 97.7 Å². The van der Waals surface area contributed by atoms with Gasteiger partial charge in [0.25, 0.3) is 0 Å². The zero-order valence-corrected chi connectivity index (χ0v) is 23.7. The van der Waals surface area contributed by atoms with Crippen molar-refractivity contribution in [2.24, 2.45) is 0 Å². The maximum atomic E-state index is 12.2. The van der Waals surface area contributed by atoms with Crippen molar-refractivity contribution in [3.8, 4) is 5.75 Å². The third kappa shape index (κ3) is 20.6. The second-order valence-corrected chi connectivity index (χ2v) is 9.93. The van der Waals surface area contributed by atoms with Crippen LogP contribution in [0, 0.1) is 0 Å². The van der Waals surface area contributed by atoms with Crippen LogP contribution in [0.2, 0.25) is 0 Å². The zero-order chi connectivity index (χ0) is 27.6. The maximum absolute atomic E-state index is 12.2. The van der Waals surface area contributed by atoms with Crippen molar-refractivity contribution in [3.63, 3.8) is 0 Å². The number of ether oxygens (including phenoxy) is 8. The van der Waals surface area contributed by atoms with Gasteiger partial charge in [-0.05, 0) is 32.4 Å². The van der Waals surface area contributed by atoms with E-state index in [2.05, 4.69) is 0 Å². The van der Waals surface area contributed by atoms with E-state index in [4.69, 9.17) is 42.1 Å². The van der Waals surface area contributed by atoms with E-state index in [9.17, 15) is 8.42 Å². The number of para-hydroxylation sites is 1. The molecule has 0 saturated heterocycles. The minimum atomic E-state index is -3.70. The molecule has 1 aromatic rings. The summed E-state index contributed by atoms with van der Waals surface area (Å²) < 4.78 is 72.7. The molecule has 0 spiro atoms. The van der Waals surface area contributed by atoms with Gasteiger partial charge in [-0.3, -0.25) is 0 Å². The van der Waals surface area contributed by atoms with Crippen LogP contribution >= 0.6 is 0 Å². The van der Waals surface area contributed by atoms with Crippen LogP contribution in [0.15, 0.2) is 30.3 Å². The van der Waals surface area contributed by atoms with Gasteiger partial charge in [-0.25, -0.2) is 0 Å². The van der Waals surface area contributed by atoms with Crippen LogP contribution in [0.3, 0.4) is 0 Å². The van der Waals surface area contributed by atoms with Crippen molar-refractivity contribution in [3.05, 3.63) is 30.3 Å². The summed E-state index contributed by atoms with van der Waals surface area (Å²) in [7, 11) is -3.70. The number of benzene rings is 1. The van der Waals surface area contributed by atoms with Gasteiger partial charge in [-0.2, -0.15) is 8.42 Å². The molecule has 38 heavy (non-hydrogen) atoms. The van der Waals surface area contributed by atoms with Crippen molar-refractivity contribution in [2.75, 3.05) is 106 Å². The molecule has 0 aliphatic carbocycles. The van der Waals surface area contributed by atoms with Gasteiger partial charge in [0.2, 0.25) is 0 Å². The summed E-state index contributed by atoms with van der Waals surface area (Å²) in [5.74, 6) is 0.306. The van der Waals surface area contributed by atoms with E-state index in [1.54, 1.807) is 37.3 Å². The lowest BCUT2D eigenvalue weighted by atomic mass is 10.3. The molecular weight excluding hydrogens is 520 g/mol. The van der Waals surface area contributed by atoms with Crippen LogP contribution in [0.5, 0.6) is 5.75 Å². The quantitative estimate of drug-likeness (QED) is 0.110. The van der Waals surface area contributed by atoms with Crippen molar-refractivity contribution in [1.82, 2.24) is 0 Å². The Bertz CT molecular complexity index is 734. The van der Waals surface area contributed by atoms with Crippen LogP contribution in [0.4, 0.5) is 0 Å². The molecule has 1 unspecified atom stereocenters. The van der Waals surface area contributed by atoms with Crippen molar-refractivity contribution >= 4 is 10.1 Å². The first-order valence-corrected chi connectivity index (χ1v) is 14.6. The third-order valence-electron chi connectivity index (χ3n) is 4.93. The first-order chi connectivity index (χ1) is 18.6. The summed E-state index contributed by atoms with van der Waals surface area (Å²) in [6, 6.07) is 8.45. The second-order valence-electron chi connectivity index (χ2n) is 7.97. The molecule has 0 aliphatic rings. The molecule has 12 heteroatoms. The predicted molar refractivity (Wildman–Crippen MR) is 142 cm³/mol. The first-order valence-electron chi connectivity index (χ1n) is 13.2. The molecule has 0 aliphatic heterocycles. The highest BCUT2D eigenvalue weighted by atomic mass is 32.2. The molecule has 0 aromatic heterocycles. The highest BCUT2D eigenvalue weighted by molar-refractivity contribution is 7.87. The minimum Gasteiger partial charge on any atom is -0.382 e. The Labute approximate surface area is 228 Å². The molecule has 0 amide bonds. The average Bonchev–Trinajstić information content (AvgIpc) is 2.91. The summed E-state index contributed by atoms with van der Waals surface area (Å²) in [4.78, 5) is 0. The minimum absolute atomic E-state index is 0.302. The van der Waals surface area contributed by atoms with E-state index in [-0.39, 0.29) is 0 Å². The van der Waals surface area contributed by atoms with Crippen molar-refractivity contribution in [1.29, 1.82) is 0 Å². The van der Waals surface area contributed by atoms with E-state index >= 15 is 0 Å². The van der Waals surface area contributed by atoms with Gasteiger partial charge < -0.3 is 42.1 Å². The smallest absolute Gasteiger partial charge is 0.311 e. The van der Waals surface area contributed by atoms with Gasteiger partial charge in [0, 0.05) is 13.2 Å². The van der Waals surface area contributed by atoms with Crippen molar-refractivity contribution in [2.45, 2.75) is 25.5 Å². The van der Waals surface area contributed by atoms with Crippen LogP contribution in [0.1, 0.15) is 20.3 Å². The maximum Gasteiger partial charge on any atom is 0.311 e. The molecule has 1 aromatic carbocycles. The van der Waals surface area contributed by atoms with Gasteiger partial charge in [0.1, 0.15) is 5.75 Å². The molecule has 11 nitrogen and oxygen atoms in total. The van der Waals surface area contributed by atoms with E-state index < -0.39 is 15.4 Å². The summed E-state index contributed by atoms with van der Waals surface area (Å²) in [6.45, 7) is 11.5. The second kappa shape index (κ2) is 24.7. The van der Waals surface area contributed by atoms with Gasteiger partial charge in [0.15, 0.2) is 0 Å². The molecular formula is C26H46O11S. The average molecular weight is 567 g/mol. The number of rotatable bonds is 28. The van der Waals surface area contributed by atoms with E-state index in [1.807, 2.05) is 6.92 Å². The summed E-state index contributed by atoms with van der Waals surface area (Å²) in [5.41, 5.74) is 0. The Morgan fingerprint density at radius 3 is 1.26 bits per heavy atom. The Kier molecular flexibility index (Phi) is 22.5. The molecule has 1 atom stereocenters. The lowest BCUT2D eigenvalue weighted by Gasteiger charge is -2.14. The van der Waals surface area contributed by atoms with Crippen molar-refractivity contribution < 1.29 is 50.5 Å². The van der Waals surface area contributed by atoms with Gasteiger partial charge in [-0.1, -0.05) is 18.2 Å². The molecule has 0 bridgehead atoms. The summed E-state index contributed by atoms with van der Waals surface area (Å²) >= 11 is 0. The predicted octanol–water partition coefficient (Wildman–Crippen LogP) is 2.33. The highest BCUT2D eigenvalue weighted by Crippen LogP contribution is 2.16. The standard InChI is InChI=1S/C26H46O11S/c1-3-29-11-12-31-15-16-33-19-20-35-23-24-36-22-21-34-18-17-32-14-13-30-10-9-25(2)38(27,28)37-26-7-5-4-6-8-26/h4-8,25H,3,9-24H2,1-2H3. The Balaban J connectivity index is 1.77. The molecule has 1 rings (SSSR count). The SMILES string of the molecule is CCOCCOCCOCCOCCOCCOCCOCCOCCC(C)S(=O)(=O)Oc1ccccc1. The fourth-order valence-corrected chi connectivity index (χ4v) is 3.70. The first kappa shape index (κ1) is 34.7. The highest BCUT2D eigenvalue weighted by Gasteiger charge is 2.22. The number of hydrogen-bond acceptors (Lipinski definition) is 11. The summed E-state index contributed by atoms with van der Waals surface area (Å²) in [5, 5.41) is -0.674. The molecule has 0 heterocycles. The Morgan fingerprint density at radius 2 is 0.895 bits per heavy atom. The monoisotopic (exact) mass is 566 g/mol. The third-order valence-corrected chi connectivity index (χ3v) is 6.57. The summed E-state index contributed by atoms with van der Waals surface area (Å²) in [6.07, 6.45) is 0.336. The normalized spacial score (nSPS) is 12.6. The topological polar surface area (TPSA) is 117 Å². The molecule has 0 fully saturated rings. The lowest BCUT2D eigenvalue weighted by molar-refractivity contribution is -0.0228. The van der Waals surface area contributed by atoms with E-state index in [1.165, 1.54) is 0 Å². The van der Waals surface area contributed by atoms with E-state index in [0.717, 1.165) is 0 Å². The largest absolute Gasteiger partial charge is 0.382 e. The Morgan fingerprint density at radius 1 is 0.553 bits per heavy atom. The Hall–Kier alpha value is -1.35. The fraction of sp³-hybridized carbons (Fsp3) is 0.769. The molecule has 222 valence electrons. The van der Waals surface area contributed by atoms with E-state index in [0.29, 0.717) is 118 Å². The van der Waals surface area contributed by atoms with Crippen LogP contribution in [0.25, 0.3) is 0 Å². The molecule has 0 N–H and O–H groups in total. The van der Waals surface area contributed by atoms with Crippen LogP contribution in [-0.4, -0.2) is 119 Å². The van der Waals surface area contributed by atoms with Gasteiger partial charge >= 0.3 is 10.1 Å². The number of hydrogen-bond donors (Lipinski definition) is 0. The van der Waals surface area contributed by atoms with Crippen LogP contribution < -0.4 is 4.18 Å². The molecule has 0 radical (unpaired) electrons.